The van der Waals surface area contributed by atoms with E-state index < -0.39 is 0 Å². The van der Waals surface area contributed by atoms with Crippen molar-refractivity contribution in [1.82, 2.24) is 9.97 Å². The van der Waals surface area contributed by atoms with Gasteiger partial charge in [0.25, 0.3) is 0 Å². The molecular weight excluding hydrogens is 458 g/mol. The van der Waals surface area contributed by atoms with Gasteiger partial charge in [0, 0.05) is 24.4 Å². The fourth-order valence-corrected chi connectivity index (χ4v) is 4.06. The van der Waals surface area contributed by atoms with E-state index in [-0.39, 0.29) is 30.2 Å². The summed E-state index contributed by atoms with van der Waals surface area (Å²) in [6, 6.07) is 22.3. The number of ether oxygens (including phenoxy) is 1. The molecule has 0 aliphatic carbocycles. The van der Waals surface area contributed by atoms with Crippen molar-refractivity contribution < 1.29 is 19.4 Å². The Labute approximate surface area is 207 Å². The minimum Gasteiger partial charge on any atom is -0.508 e. The molecule has 1 N–H and O–H groups in total. The van der Waals surface area contributed by atoms with Crippen LogP contribution in [0.2, 0.25) is 0 Å². The number of urea groups is 1. The number of hydrogen-bond acceptors (Lipinski definition) is 6. The SMILES string of the molecule is COc1ccc(N2Cc3cnc(N(C(C)=O)c4ccc(O)cc4)nc3N(c3ccccc3)C2=O)cc1. The smallest absolute Gasteiger partial charge is 0.335 e. The zero-order chi connectivity index (χ0) is 25.2. The van der Waals surface area contributed by atoms with Crippen LogP contribution in [0.1, 0.15) is 12.5 Å². The molecule has 1 aliphatic heterocycles. The molecule has 0 radical (unpaired) electrons. The van der Waals surface area contributed by atoms with Crippen molar-refractivity contribution in [3.63, 3.8) is 0 Å². The Morgan fingerprint density at radius 3 is 2.31 bits per heavy atom. The molecule has 1 aliphatic rings. The summed E-state index contributed by atoms with van der Waals surface area (Å²) in [5.41, 5.74) is 2.54. The number of phenols is 1. The summed E-state index contributed by atoms with van der Waals surface area (Å²) in [4.78, 5) is 40.1. The molecule has 0 bridgehead atoms. The number of aromatic nitrogens is 2. The third-order valence-corrected chi connectivity index (χ3v) is 5.81. The molecule has 0 unspecified atom stereocenters. The maximum absolute atomic E-state index is 13.8. The van der Waals surface area contributed by atoms with Crippen LogP contribution in [-0.2, 0) is 11.3 Å². The standard InChI is InChI=1S/C27H23N5O4/c1-18(33)31(22-8-12-23(34)13-9-22)26-28-16-19-17-30(20-10-14-24(36-2)15-11-20)27(35)32(25(19)29-26)21-6-4-3-5-7-21/h3-16,34H,17H2,1-2H3. The first kappa shape index (κ1) is 22.9. The summed E-state index contributed by atoms with van der Waals surface area (Å²) in [5, 5.41) is 9.65. The molecule has 9 nitrogen and oxygen atoms in total. The number of amides is 3. The summed E-state index contributed by atoms with van der Waals surface area (Å²) < 4.78 is 5.25. The van der Waals surface area contributed by atoms with E-state index >= 15 is 0 Å². The number of benzene rings is 3. The van der Waals surface area contributed by atoms with Crippen molar-refractivity contribution >= 4 is 40.8 Å². The fourth-order valence-electron chi connectivity index (χ4n) is 4.06. The van der Waals surface area contributed by atoms with Gasteiger partial charge in [0.1, 0.15) is 11.5 Å². The van der Waals surface area contributed by atoms with E-state index in [1.54, 1.807) is 42.5 Å². The van der Waals surface area contributed by atoms with Gasteiger partial charge in [-0.15, -0.1) is 0 Å². The average molecular weight is 482 g/mol. The number of fused-ring (bicyclic) bond motifs is 1. The van der Waals surface area contributed by atoms with Crippen LogP contribution in [0.4, 0.5) is 33.6 Å². The summed E-state index contributed by atoms with van der Waals surface area (Å²) in [6.07, 6.45) is 1.63. The van der Waals surface area contributed by atoms with Gasteiger partial charge in [-0.3, -0.25) is 9.69 Å². The third kappa shape index (κ3) is 4.18. The number of hydrogen-bond donors (Lipinski definition) is 1. The summed E-state index contributed by atoms with van der Waals surface area (Å²) >= 11 is 0. The molecule has 0 saturated carbocycles. The van der Waals surface area contributed by atoms with E-state index in [1.807, 2.05) is 42.5 Å². The Kier molecular flexibility index (Phi) is 5.95. The Balaban J connectivity index is 1.62. The summed E-state index contributed by atoms with van der Waals surface area (Å²) in [5.74, 6) is 0.974. The zero-order valence-electron chi connectivity index (χ0n) is 19.7. The van der Waals surface area contributed by atoms with Crippen LogP contribution in [0, 0.1) is 0 Å². The normalized spacial score (nSPS) is 12.8. The van der Waals surface area contributed by atoms with Gasteiger partial charge in [0.2, 0.25) is 11.9 Å². The first-order valence-electron chi connectivity index (χ1n) is 11.2. The third-order valence-electron chi connectivity index (χ3n) is 5.81. The van der Waals surface area contributed by atoms with E-state index in [1.165, 1.54) is 28.9 Å². The Hall–Kier alpha value is -4.92. The molecule has 1 aromatic heterocycles. The van der Waals surface area contributed by atoms with Gasteiger partial charge in [-0.1, -0.05) is 18.2 Å². The van der Waals surface area contributed by atoms with Crippen LogP contribution in [-0.4, -0.2) is 34.1 Å². The van der Waals surface area contributed by atoms with Gasteiger partial charge >= 0.3 is 6.03 Å². The lowest BCUT2D eigenvalue weighted by atomic mass is 10.1. The molecule has 5 rings (SSSR count). The minimum atomic E-state index is -0.311. The maximum atomic E-state index is 13.8. The number of anilines is 5. The number of carbonyl (C=O) groups excluding carboxylic acids is 2. The quantitative estimate of drug-likeness (QED) is 0.423. The van der Waals surface area contributed by atoms with Crippen molar-refractivity contribution in [3.8, 4) is 11.5 Å². The Bertz CT molecular complexity index is 1410. The van der Waals surface area contributed by atoms with E-state index in [0.29, 0.717) is 34.2 Å². The van der Waals surface area contributed by atoms with Crippen molar-refractivity contribution in [2.24, 2.45) is 0 Å². The van der Waals surface area contributed by atoms with Crippen LogP contribution in [0.15, 0.2) is 85.1 Å². The number of para-hydroxylation sites is 1. The molecule has 3 amide bonds. The highest BCUT2D eigenvalue weighted by Crippen LogP contribution is 2.37. The van der Waals surface area contributed by atoms with Crippen molar-refractivity contribution in [2.45, 2.75) is 13.5 Å². The molecule has 0 atom stereocenters. The molecule has 36 heavy (non-hydrogen) atoms. The minimum absolute atomic E-state index is 0.0769. The molecule has 180 valence electrons. The number of methoxy groups -OCH3 is 1. The predicted octanol–water partition coefficient (Wildman–Crippen LogP) is 5.15. The van der Waals surface area contributed by atoms with Gasteiger partial charge in [-0.25, -0.2) is 19.6 Å². The maximum Gasteiger partial charge on any atom is 0.335 e. The molecule has 0 spiro atoms. The highest BCUT2D eigenvalue weighted by atomic mass is 16.5. The van der Waals surface area contributed by atoms with Crippen LogP contribution in [0.3, 0.4) is 0 Å². The van der Waals surface area contributed by atoms with Crippen LogP contribution in [0.25, 0.3) is 0 Å². The molecule has 2 heterocycles. The van der Waals surface area contributed by atoms with E-state index in [4.69, 9.17) is 4.74 Å². The summed E-state index contributed by atoms with van der Waals surface area (Å²) in [6.45, 7) is 1.66. The first-order valence-corrected chi connectivity index (χ1v) is 11.2. The monoisotopic (exact) mass is 481 g/mol. The van der Waals surface area contributed by atoms with E-state index in [9.17, 15) is 14.7 Å². The van der Waals surface area contributed by atoms with Gasteiger partial charge in [-0.05, 0) is 60.7 Å². The lowest BCUT2D eigenvalue weighted by Crippen LogP contribution is -2.45. The Morgan fingerprint density at radius 2 is 1.67 bits per heavy atom. The first-order chi connectivity index (χ1) is 17.5. The van der Waals surface area contributed by atoms with Gasteiger partial charge in [-0.2, -0.15) is 4.98 Å². The second kappa shape index (κ2) is 9.38. The molecule has 3 aromatic carbocycles. The van der Waals surface area contributed by atoms with Crippen LogP contribution >= 0.6 is 0 Å². The molecule has 9 heteroatoms. The van der Waals surface area contributed by atoms with E-state index in [2.05, 4.69) is 9.97 Å². The zero-order valence-corrected chi connectivity index (χ0v) is 19.7. The topological polar surface area (TPSA) is 99.1 Å². The van der Waals surface area contributed by atoms with Gasteiger partial charge in [0.05, 0.1) is 25.0 Å². The van der Waals surface area contributed by atoms with Crippen molar-refractivity contribution in [2.75, 3.05) is 21.8 Å². The van der Waals surface area contributed by atoms with E-state index in [0.717, 1.165) is 0 Å². The second-order valence-electron chi connectivity index (χ2n) is 8.13. The number of rotatable bonds is 5. The lowest BCUT2D eigenvalue weighted by molar-refractivity contribution is -0.115. The average Bonchev–Trinajstić information content (AvgIpc) is 2.90. The van der Waals surface area contributed by atoms with Gasteiger partial charge < -0.3 is 9.84 Å². The van der Waals surface area contributed by atoms with Crippen molar-refractivity contribution in [3.05, 3.63) is 90.6 Å². The molecule has 4 aromatic rings. The number of phenolic OH excluding ortho intramolecular Hbond substituents is 1. The summed E-state index contributed by atoms with van der Waals surface area (Å²) in [7, 11) is 1.59. The predicted molar refractivity (Wildman–Crippen MR) is 136 cm³/mol. The Morgan fingerprint density at radius 1 is 0.972 bits per heavy atom. The van der Waals surface area contributed by atoms with Crippen LogP contribution in [0.5, 0.6) is 11.5 Å². The second-order valence-corrected chi connectivity index (χ2v) is 8.13. The highest BCUT2D eigenvalue weighted by molar-refractivity contribution is 6.10. The lowest BCUT2D eigenvalue weighted by Gasteiger charge is -2.36. The van der Waals surface area contributed by atoms with Crippen molar-refractivity contribution in [1.29, 1.82) is 0 Å². The fraction of sp³-hybridized carbons (Fsp3) is 0.111. The molecular formula is C27H23N5O4. The van der Waals surface area contributed by atoms with Crippen LogP contribution < -0.4 is 19.4 Å². The van der Waals surface area contributed by atoms with Gasteiger partial charge in [0.15, 0.2) is 5.82 Å². The molecule has 0 fully saturated rings. The number of aromatic hydroxyl groups is 1. The molecule has 0 saturated heterocycles. The highest BCUT2D eigenvalue weighted by Gasteiger charge is 2.35. The largest absolute Gasteiger partial charge is 0.508 e. The number of carbonyl (C=O) groups is 2. The number of nitrogens with zero attached hydrogens (tertiary/aromatic N) is 5.